The summed E-state index contributed by atoms with van der Waals surface area (Å²) in [7, 11) is 0. The first-order valence-electron chi connectivity index (χ1n) is 7.46. The van der Waals surface area contributed by atoms with Crippen molar-refractivity contribution in [2.45, 2.75) is 13.0 Å². The highest BCUT2D eigenvalue weighted by molar-refractivity contribution is 6.33. The molecule has 1 amide bonds. The van der Waals surface area contributed by atoms with E-state index in [0.717, 1.165) is 0 Å². The molecule has 3 rings (SSSR count). The maximum atomic E-state index is 14.1. The molecule has 1 N–H and O–H groups in total. The van der Waals surface area contributed by atoms with Gasteiger partial charge in [0.2, 0.25) is 0 Å². The van der Waals surface area contributed by atoms with Crippen molar-refractivity contribution in [2.24, 2.45) is 0 Å². The highest BCUT2D eigenvalue weighted by Gasteiger charge is 2.26. The van der Waals surface area contributed by atoms with Crippen LogP contribution in [0.25, 0.3) is 11.3 Å². The quantitative estimate of drug-likeness (QED) is 0.913. The summed E-state index contributed by atoms with van der Waals surface area (Å²) in [6.07, 6.45) is -0.219. The van der Waals surface area contributed by atoms with E-state index in [1.54, 1.807) is 6.92 Å². The fourth-order valence-corrected chi connectivity index (χ4v) is 2.74. The van der Waals surface area contributed by atoms with Gasteiger partial charge in [-0.15, -0.1) is 0 Å². The summed E-state index contributed by atoms with van der Waals surface area (Å²) in [5.41, 5.74) is 0.269. The number of nitrogens with one attached hydrogen (secondary N) is 1. The Balaban J connectivity index is 1.83. The predicted molar refractivity (Wildman–Crippen MR) is 84.5 cm³/mol. The van der Waals surface area contributed by atoms with Gasteiger partial charge in [0, 0.05) is 6.54 Å². The molecule has 6 nitrogen and oxygen atoms in total. The molecule has 0 bridgehead atoms. The van der Waals surface area contributed by atoms with Crippen LogP contribution in [-0.2, 0) is 9.47 Å². The lowest BCUT2D eigenvalue weighted by Crippen LogP contribution is -2.39. The smallest absolute Gasteiger partial charge is 0.257 e. The van der Waals surface area contributed by atoms with Crippen LogP contribution in [0.15, 0.2) is 22.7 Å². The van der Waals surface area contributed by atoms with Crippen molar-refractivity contribution in [3.05, 3.63) is 40.4 Å². The predicted octanol–water partition coefficient (Wildman–Crippen LogP) is 2.59. The molecule has 0 aliphatic carbocycles. The Hall–Kier alpha value is -1.96. The molecule has 0 saturated carbocycles. The zero-order chi connectivity index (χ0) is 17.1. The summed E-state index contributed by atoms with van der Waals surface area (Å²) < 4.78 is 30.0. The minimum atomic E-state index is -0.575. The van der Waals surface area contributed by atoms with Gasteiger partial charge in [-0.05, 0) is 19.1 Å². The minimum absolute atomic E-state index is 0.0402. The number of hydrogen-bond acceptors (Lipinski definition) is 5. The first kappa shape index (κ1) is 16.9. The van der Waals surface area contributed by atoms with Crippen molar-refractivity contribution in [1.82, 2.24) is 10.5 Å². The summed E-state index contributed by atoms with van der Waals surface area (Å²) >= 11 is 6.06. The van der Waals surface area contributed by atoms with E-state index in [-0.39, 0.29) is 40.3 Å². The molecule has 1 aliphatic heterocycles. The lowest BCUT2D eigenvalue weighted by atomic mass is 10.0. The Kier molecular flexibility index (Phi) is 5.13. The van der Waals surface area contributed by atoms with Crippen molar-refractivity contribution in [1.29, 1.82) is 0 Å². The number of hydrogen-bond donors (Lipinski definition) is 1. The number of ether oxygens (including phenoxy) is 2. The molecule has 1 atom stereocenters. The summed E-state index contributed by atoms with van der Waals surface area (Å²) in [5, 5.41) is 6.70. The molecule has 2 aromatic rings. The average molecular weight is 355 g/mol. The third kappa shape index (κ3) is 3.43. The zero-order valence-corrected chi connectivity index (χ0v) is 13.7. The average Bonchev–Trinajstić information content (AvgIpc) is 2.95. The van der Waals surface area contributed by atoms with Crippen LogP contribution in [0.4, 0.5) is 4.39 Å². The van der Waals surface area contributed by atoms with Gasteiger partial charge in [0.05, 0.1) is 36.5 Å². The van der Waals surface area contributed by atoms with E-state index in [1.807, 2.05) is 0 Å². The molecule has 0 radical (unpaired) electrons. The molecule has 2 heterocycles. The number of nitrogens with zero attached hydrogens (tertiary/aromatic N) is 1. The Labute approximate surface area is 142 Å². The molecule has 1 aromatic carbocycles. The van der Waals surface area contributed by atoms with Crippen molar-refractivity contribution >= 4 is 17.5 Å². The lowest BCUT2D eigenvalue weighted by molar-refractivity contribution is -0.0855. The van der Waals surface area contributed by atoms with E-state index in [2.05, 4.69) is 10.5 Å². The van der Waals surface area contributed by atoms with Gasteiger partial charge in [-0.3, -0.25) is 4.79 Å². The van der Waals surface area contributed by atoms with Crippen molar-refractivity contribution in [3.63, 3.8) is 0 Å². The van der Waals surface area contributed by atoms with Crippen molar-refractivity contribution in [2.75, 3.05) is 26.4 Å². The van der Waals surface area contributed by atoms with Crippen LogP contribution in [0.2, 0.25) is 5.02 Å². The molecule has 0 unspecified atom stereocenters. The van der Waals surface area contributed by atoms with Gasteiger partial charge in [0.25, 0.3) is 5.91 Å². The van der Waals surface area contributed by atoms with Crippen LogP contribution >= 0.6 is 11.6 Å². The van der Waals surface area contributed by atoms with E-state index in [0.29, 0.717) is 19.8 Å². The number of aryl methyl sites for hydroxylation is 1. The Morgan fingerprint density at radius 3 is 3.00 bits per heavy atom. The highest BCUT2D eigenvalue weighted by Crippen LogP contribution is 2.33. The molecular weight excluding hydrogens is 339 g/mol. The van der Waals surface area contributed by atoms with Crippen LogP contribution in [0.5, 0.6) is 0 Å². The first-order chi connectivity index (χ1) is 11.6. The third-order valence-corrected chi connectivity index (χ3v) is 3.98. The molecule has 8 heteroatoms. The van der Waals surface area contributed by atoms with Crippen LogP contribution in [-0.4, -0.2) is 43.5 Å². The summed E-state index contributed by atoms with van der Waals surface area (Å²) in [5.74, 6) is -0.728. The molecular formula is C16H16ClFN2O4. The van der Waals surface area contributed by atoms with Gasteiger partial charge in [-0.2, -0.15) is 0 Å². The van der Waals surface area contributed by atoms with Crippen LogP contribution in [0, 0.1) is 12.7 Å². The molecule has 24 heavy (non-hydrogen) atoms. The number of benzene rings is 1. The van der Waals surface area contributed by atoms with Crippen LogP contribution < -0.4 is 5.32 Å². The fraction of sp³-hybridized carbons (Fsp3) is 0.375. The van der Waals surface area contributed by atoms with Gasteiger partial charge >= 0.3 is 0 Å². The summed E-state index contributed by atoms with van der Waals surface area (Å²) in [6, 6.07) is 4.26. The Morgan fingerprint density at radius 1 is 1.46 bits per heavy atom. The van der Waals surface area contributed by atoms with Crippen molar-refractivity contribution in [3.8, 4) is 11.3 Å². The van der Waals surface area contributed by atoms with Crippen LogP contribution in [0.3, 0.4) is 0 Å². The Morgan fingerprint density at radius 2 is 2.29 bits per heavy atom. The monoisotopic (exact) mass is 354 g/mol. The zero-order valence-electron chi connectivity index (χ0n) is 13.0. The normalized spacial score (nSPS) is 17.7. The van der Waals surface area contributed by atoms with Gasteiger partial charge in [0.15, 0.2) is 0 Å². The van der Waals surface area contributed by atoms with E-state index < -0.39 is 11.7 Å². The Bertz CT molecular complexity index is 723. The van der Waals surface area contributed by atoms with E-state index in [9.17, 15) is 9.18 Å². The molecule has 1 aromatic heterocycles. The van der Waals surface area contributed by atoms with Crippen LogP contribution in [0.1, 0.15) is 16.1 Å². The molecule has 1 fully saturated rings. The first-order valence-corrected chi connectivity index (χ1v) is 7.84. The fourth-order valence-electron chi connectivity index (χ4n) is 2.48. The van der Waals surface area contributed by atoms with Gasteiger partial charge in [-0.1, -0.05) is 22.8 Å². The van der Waals surface area contributed by atoms with Crippen molar-refractivity contribution < 1.29 is 23.2 Å². The summed E-state index contributed by atoms with van der Waals surface area (Å²) in [4.78, 5) is 12.5. The number of carbonyl (C=O) groups is 1. The second kappa shape index (κ2) is 7.29. The molecule has 1 saturated heterocycles. The van der Waals surface area contributed by atoms with E-state index >= 15 is 0 Å². The number of halogens is 2. The standard InChI is InChI=1S/C16H16ClFN2O4/c1-9-13(16(21)19-7-10-8-22-5-6-23-10)15(20-24-9)14-11(17)3-2-4-12(14)18/h2-4,10H,5-8H2,1H3,(H,19,21)/t10-/m1/s1. The van der Waals surface area contributed by atoms with E-state index in [4.69, 9.17) is 25.6 Å². The maximum Gasteiger partial charge on any atom is 0.257 e. The minimum Gasteiger partial charge on any atom is -0.376 e. The van der Waals surface area contributed by atoms with E-state index in [1.165, 1.54) is 18.2 Å². The highest BCUT2D eigenvalue weighted by atomic mass is 35.5. The number of rotatable bonds is 4. The maximum absolute atomic E-state index is 14.1. The molecule has 128 valence electrons. The number of amides is 1. The second-order valence-electron chi connectivity index (χ2n) is 5.34. The summed E-state index contributed by atoms with van der Waals surface area (Å²) in [6.45, 7) is 3.30. The van der Waals surface area contributed by atoms with Gasteiger partial charge in [0.1, 0.15) is 22.8 Å². The second-order valence-corrected chi connectivity index (χ2v) is 5.74. The third-order valence-electron chi connectivity index (χ3n) is 3.66. The van der Waals surface area contributed by atoms with Gasteiger partial charge in [-0.25, -0.2) is 4.39 Å². The lowest BCUT2D eigenvalue weighted by Gasteiger charge is -2.23. The SMILES string of the molecule is Cc1onc(-c2c(F)cccc2Cl)c1C(=O)NC[C@@H]1COCCO1. The topological polar surface area (TPSA) is 73.6 Å². The number of carbonyl (C=O) groups excluding carboxylic acids is 1. The van der Waals surface area contributed by atoms with Gasteiger partial charge < -0.3 is 19.3 Å². The molecule has 1 aliphatic rings. The largest absolute Gasteiger partial charge is 0.376 e. The molecule has 0 spiro atoms. The number of aromatic nitrogens is 1.